The van der Waals surface area contributed by atoms with Crippen LogP contribution in [0, 0.1) is 5.92 Å². The Balaban J connectivity index is 1.68. The summed E-state index contributed by atoms with van der Waals surface area (Å²) in [5, 5.41) is 3.38. The van der Waals surface area contributed by atoms with E-state index in [1.165, 1.54) is 19.3 Å². The van der Waals surface area contributed by atoms with Crippen LogP contribution < -0.4 is 10.9 Å². The summed E-state index contributed by atoms with van der Waals surface area (Å²) < 4.78 is 0. The molecule has 2 atom stereocenters. The number of aromatic amines is 1. The van der Waals surface area contributed by atoms with Crippen molar-refractivity contribution >= 4 is 5.82 Å². The molecule has 4 nitrogen and oxygen atoms in total. The molecule has 0 aromatic carbocycles. The molecule has 1 aromatic rings. The van der Waals surface area contributed by atoms with Crippen LogP contribution in [-0.2, 0) is 0 Å². The molecule has 17 heavy (non-hydrogen) atoms. The Hall–Kier alpha value is -1.32. The zero-order valence-electron chi connectivity index (χ0n) is 10.2. The Morgan fingerprint density at radius 3 is 3.06 bits per heavy atom. The minimum atomic E-state index is -0.0305. The third-order valence-corrected chi connectivity index (χ3v) is 3.64. The first-order valence-electron chi connectivity index (χ1n) is 6.64. The lowest BCUT2D eigenvalue weighted by atomic mass is 10.2. The zero-order chi connectivity index (χ0) is 11.8. The molecule has 0 amide bonds. The molecule has 0 radical (unpaired) electrons. The third-order valence-electron chi connectivity index (χ3n) is 3.64. The third kappa shape index (κ3) is 2.51. The zero-order valence-corrected chi connectivity index (χ0v) is 10.2. The van der Waals surface area contributed by atoms with Crippen LogP contribution in [0.5, 0.6) is 0 Å². The van der Waals surface area contributed by atoms with Crippen molar-refractivity contribution in [3.8, 4) is 0 Å². The van der Waals surface area contributed by atoms with Gasteiger partial charge in [-0.05, 0) is 31.6 Å². The van der Waals surface area contributed by atoms with Crippen molar-refractivity contribution in [1.29, 1.82) is 0 Å². The van der Waals surface area contributed by atoms with Gasteiger partial charge in [0.15, 0.2) is 0 Å². The Kier molecular flexibility index (Phi) is 2.65. The number of nitrogens with zero attached hydrogens (tertiary/aromatic N) is 1. The Morgan fingerprint density at radius 2 is 2.35 bits per heavy atom. The second kappa shape index (κ2) is 4.17. The normalized spacial score (nSPS) is 26.9. The Bertz CT molecular complexity index is 464. The van der Waals surface area contributed by atoms with E-state index < -0.39 is 0 Å². The molecule has 2 unspecified atom stereocenters. The van der Waals surface area contributed by atoms with Crippen LogP contribution in [0.15, 0.2) is 10.9 Å². The van der Waals surface area contributed by atoms with Gasteiger partial charge in [0.05, 0.1) is 0 Å². The van der Waals surface area contributed by atoms with Crippen molar-refractivity contribution in [2.24, 2.45) is 5.92 Å². The number of anilines is 1. The second-order valence-electron chi connectivity index (χ2n) is 5.33. The van der Waals surface area contributed by atoms with Gasteiger partial charge in [0.1, 0.15) is 11.6 Å². The van der Waals surface area contributed by atoms with Gasteiger partial charge in [-0.15, -0.1) is 0 Å². The molecular formula is C13H19N3O. The average molecular weight is 233 g/mol. The van der Waals surface area contributed by atoms with Crippen LogP contribution in [0.3, 0.4) is 0 Å². The molecule has 2 aliphatic carbocycles. The lowest BCUT2D eigenvalue weighted by molar-refractivity contribution is 0.691. The van der Waals surface area contributed by atoms with E-state index in [-0.39, 0.29) is 5.56 Å². The highest BCUT2D eigenvalue weighted by Crippen LogP contribution is 2.39. The molecule has 1 heterocycles. The predicted octanol–water partition coefficient (Wildman–Crippen LogP) is 2.25. The Morgan fingerprint density at radius 1 is 1.53 bits per heavy atom. The number of hydrogen-bond donors (Lipinski definition) is 2. The van der Waals surface area contributed by atoms with Crippen LogP contribution >= 0.6 is 0 Å². The molecule has 0 aliphatic heterocycles. The highest BCUT2D eigenvalue weighted by Gasteiger charge is 2.36. The number of aromatic nitrogens is 2. The molecule has 4 heteroatoms. The highest BCUT2D eigenvalue weighted by atomic mass is 16.1. The molecule has 0 spiro atoms. The van der Waals surface area contributed by atoms with Crippen molar-refractivity contribution in [1.82, 2.24) is 9.97 Å². The summed E-state index contributed by atoms with van der Waals surface area (Å²) in [6.07, 6.45) is 6.05. The maximum absolute atomic E-state index is 11.5. The SMILES string of the molecule is CCCC1CC1Nc1cc(=O)[nH]c(C2CC2)n1. The lowest BCUT2D eigenvalue weighted by Gasteiger charge is -2.06. The minimum Gasteiger partial charge on any atom is -0.367 e. The van der Waals surface area contributed by atoms with E-state index in [0.717, 1.165) is 30.4 Å². The molecule has 2 fully saturated rings. The smallest absolute Gasteiger partial charge is 0.252 e. The minimum absolute atomic E-state index is 0.0305. The van der Waals surface area contributed by atoms with Gasteiger partial charge in [-0.25, -0.2) is 4.98 Å². The van der Waals surface area contributed by atoms with Crippen molar-refractivity contribution in [2.75, 3.05) is 5.32 Å². The molecular weight excluding hydrogens is 214 g/mol. The molecule has 3 rings (SSSR count). The van der Waals surface area contributed by atoms with Crippen molar-refractivity contribution in [3.63, 3.8) is 0 Å². The molecule has 2 aliphatic rings. The van der Waals surface area contributed by atoms with E-state index in [1.807, 2.05) is 0 Å². The van der Waals surface area contributed by atoms with Gasteiger partial charge < -0.3 is 10.3 Å². The van der Waals surface area contributed by atoms with E-state index in [0.29, 0.717) is 12.0 Å². The first kappa shape index (κ1) is 10.8. The number of H-pyrrole nitrogens is 1. The number of hydrogen-bond acceptors (Lipinski definition) is 3. The quantitative estimate of drug-likeness (QED) is 0.820. The summed E-state index contributed by atoms with van der Waals surface area (Å²) in [4.78, 5) is 18.9. The average Bonchev–Trinajstić information content (AvgIpc) is 3.13. The number of rotatable bonds is 5. The summed E-state index contributed by atoms with van der Waals surface area (Å²) >= 11 is 0. The lowest BCUT2D eigenvalue weighted by Crippen LogP contribution is -2.15. The van der Waals surface area contributed by atoms with Gasteiger partial charge in [0.25, 0.3) is 5.56 Å². The first-order valence-corrected chi connectivity index (χ1v) is 6.64. The largest absolute Gasteiger partial charge is 0.367 e. The van der Waals surface area contributed by atoms with E-state index in [4.69, 9.17) is 0 Å². The summed E-state index contributed by atoms with van der Waals surface area (Å²) in [6, 6.07) is 2.11. The van der Waals surface area contributed by atoms with E-state index in [9.17, 15) is 4.79 Å². The van der Waals surface area contributed by atoms with Crippen molar-refractivity contribution in [3.05, 3.63) is 22.2 Å². The van der Waals surface area contributed by atoms with Gasteiger partial charge in [0.2, 0.25) is 0 Å². The summed E-state index contributed by atoms with van der Waals surface area (Å²) in [7, 11) is 0. The van der Waals surface area contributed by atoms with Crippen LogP contribution in [-0.4, -0.2) is 16.0 Å². The van der Waals surface area contributed by atoms with Gasteiger partial charge in [0, 0.05) is 18.0 Å². The van der Waals surface area contributed by atoms with E-state index >= 15 is 0 Å². The fraction of sp³-hybridized carbons (Fsp3) is 0.692. The summed E-state index contributed by atoms with van der Waals surface area (Å²) in [6.45, 7) is 2.21. The van der Waals surface area contributed by atoms with Crippen LogP contribution in [0.1, 0.15) is 50.8 Å². The van der Waals surface area contributed by atoms with Crippen LogP contribution in [0.25, 0.3) is 0 Å². The fourth-order valence-electron chi connectivity index (χ4n) is 2.40. The molecule has 2 N–H and O–H groups in total. The second-order valence-corrected chi connectivity index (χ2v) is 5.33. The van der Waals surface area contributed by atoms with E-state index in [1.54, 1.807) is 6.07 Å². The highest BCUT2D eigenvalue weighted by molar-refractivity contribution is 5.37. The van der Waals surface area contributed by atoms with Crippen molar-refractivity contribution in [2.45, 2.75) is 51.0 Å². The van der Waals surface area contributed by atoms with Gasteiger partial charge in [-0.3, -0.25) is 4.79 Å². The monoisotopic (exact) mass is 233 g/mol. The first-order chi connectivity index (χ1) is 8.26. The van der Waals surface area contributed by atoms with Gasteiger partial charge in [-0.1, -0.05) is 13.3 Å². The molecule has 92 valence electrons. The van der Waals surface area contributed by atoms with Crippen molar-refractivity contribution < 1.29 is 0 Å². The Labute approximate surface area is 101 Å². The topological polar surface area (TPSA) is 57.8 Å². The summed E-state index contributed by atoms with van der Waals surface area (Å²) in [5.74, 6) is 2.91. The molecule has 1 aromatic heterocycles. The maximum atomic E-state index is 11.5. The molecule has 0 saturated heterocycles. The fourth-order valence-corrected chi connectivity index (χ4v) is 2.40. The standard InChI is InChI=1S/C13H19N3O/c1-2-3-9-6-10(9)14-11-7-12(17)16-13(15-11)8-4-5-8/h7-10H,2-6H2,1H3,(H2,14,15,16,17). The predicted molar refractivity (Wildman–Crippen MR) is 67.3 cm³/mol. The maximum Gasteiger partial charge on any atom is 0.252 e. The van der Waals surface area contributed by atoms with Gasteiger partial charge in [-0.2, -0.15) is 0 Å². The van der Waals surface area contributed by atoms with E-state index in [2.05, 4.69) is 22.2 Å². The molecule has 0 bridgehead atoms. The van der Waals surface area contributed by atoms with Gasteiger partial charge >= 0.3 is 0 Å². The van der Waals surface area contributed by atoms with Crippen LogP contribution in [0.2, 0.25) is 0 Å². The van der Waals surface area contributed by atoms with Crippen LogP contribution in [0.4, 0.5) is 5.82 Å². The molecule has 2 saturated carbocycles. The summed E-state index contributed by atoms with van der Waals surface area (Å²) in [5.41, 5.74) is -0.0305. The number of nitrogens with one attached hydrogen (secondary N) is 2.